The van der Waals surface area contributed by atoms with Crippen molar-refractivity contribution >= 4 is 0 Å². The van der Waals surface area contributed by atoms with Crippen LogP contribution in [0.5, 0.6) is 0 Å². The van der Waals surface area contributed by atoms with Crippen molar-refractivity contribution in [2.24, 2.45) is 11.3 Å². The standard InChI is InChI=1S/C28H54N4/c1-26(2,3)31-17-13-28(14-18-31)11-7-25(8-12-28)30-15-9-24(10-16-30)23-29-19-21-32(22-20-29)27(4,5)6/h24-25H,7-23H2,1-6H3. The van der Waals surface area contributed by atoms with E-state index in [2.05, 4.69) is 61.1 Å². The van der Waals surface area contributed by atoms with Crippen molar-refractivity contribution in [2.75, 3.05) is 58.9 Å². The Hall–Kier alpha value is -0.160. The number of rotatable bonds is 3. The Morgan fingerprint density at radius 2 is 1.09 bits per heavy atom. The average Bonchev–Trinajstić information content (AvgIpc) is 2.74. The number of piperazine rings is 1. The second-order valence-corrected chi connectivity index (χ2v) is 13.8. The molecule has 0 radical (unpaired) electrons. The summed E-state index contributed by atoms with van der Waals surface area (Å²) in [6, 6.07) is 0.887. The van der Waals surface area contributed by atoms with Gasteiger partial charge in [-0.1, -0.05) is 0 Å². The molecule has 1 aliphatic carbocycles. The molecule has 4 nitrogen and oxygen atoms in total. The fraction of sp³-hybridized carbons (Fsp3) is 1.00. The molecule has 1 saturated carbocycles. The van der Waals surface area contributed by atoms with Gasteiger partial charge in [0.05, 0.1) is 0 Å². The van der Waals surface area contributed by atoms with Crippen molar-refractivity contribution in [3.63, 3.8) is 0 Å². The predicted octanol–water partition coefficient (Wildman–Crippen LogP) is 4.94. The van der Waals surface area contributed by atoms with Crippen molar-refractivity contribution in [1.29, 1.82) is 0 Å². The van der Waals surface area contributed by atoms with E-state index in [1.165, 1.54) is 110 Å². The van der Waals surface area contributed by atoms with E-state index < -0.39 is 0 Å². The molecule has 0 unspecified atom stereocenters. The first-order valence-corrected chi connectivity index (χ1v) is 14.0. The Labute approximate surface area is 200 Å². The maximum Gasteiger partial charge on any atom is 0.0126 e. The summed E-state index contributed by atoms with van der Waals surface area (Å²) in [5, 5.41) is 0. The van der Waals surface area contributed by atoms with Gasteiger partial charge in [0, 0.05) is 49.8 Å². The maximum absolute atomic E-state index is 2.89. The molecule has 4 aliphatic rings. The van der Waals surface area contributed by atoms with E-state index in [1.54, 1.807) is 0 Å². The van der Waals surface area contributed by atoms with E-state index in [-0.39, 0.29) is 0 Å². The molecular weight excluding hydrogens is 392 g/mol. The van der Waals surface area contributed by atoms with Gasteiger partial charge in [-0.3, -0.25) is 9.80 Å². The Morgan fingerprint density at radius 3 is 1.59 bits per heavy atom. The molecule has 3 aliphatic heterocycles. The Balaban J connectivity index is 1.15. The number of piperidine rings is 2. The van der Waals surface area contributed by atoms with E-state index in [0.717, 1.165) is 12.0 Å². The molecule has 0 bridgehead atoms. The third-order valence-corrected chi connectivity index (χ3v) is 9.79. The molecule has 0 aromatic rings. The fourth-order valence-electron chi connectivity index (χ4n) is 7.20. The SMILES string of the molecule is CC(C)(C)N1CCN(CC2CCN(C3CCC4(CC3)CCN(C(C)(C)C)CC4)CC2)CC1. The Bertz CT molecular complexity index is 570. The van der Waals surface area contributed by atoms with Gasteiger partial charge in [-0.15, -0.1) is 0 Å². The van der Waals surface area contributed by atoms with Crippen molar-refractivity contribution < 1.29 is 0 Å². The summed E-state index contributed by atoms with van der Waals surface area (Å²) in [7, 11) is 0. The summed E-state index contributed by atoms with van der Waals surface area (Å²) in [4.78, 5) is 11.0. The van der Waals surface area contributed by atoms with E-state index in [1.807, 2.05) is 0 Å². The highest BCUT2D eigenvalue weighted by Gasteiger charge is 2.41. The minimum absolute atomic E-state index is 0.333. The van der Waals surface area contributed by atoms with E-state index in [9.17, 15) is 0 Å². The zero-order valence-electron chi connectivity index (χ0n) is 22.5. The average molecular weight is 447 g/mol. The van der Waals surface area contributed by atoms with Crippen LogP contribution in [0.2, 0.25) is 0 Å². The zero-order chi connectivity index (χ0) is 23.0. The molecule has 186 valence electrons. The summed E-state index contributed by atoms with van der Waals surface area (Å²) in [5.41, 5.74) is 1.37. The fourth-order valence-corrected chi connectivity index (χ4v) is 7.20. The molecule has 1 spiro atoms. The first kappa shape index (κ1) is 24.9. The van der Waals surface area contributed by atoms with Crippen LogP contribution in [0.3, 0.4) is 0 Å². The highest BCUT2D eigenvalue weighted by Crippen LogP contribution is 2.46. The predicted molar refractivity (Wildman–Crippen MR) is 137 cm³/mol. The molecule has 4 rings (SSSR count). The Morgan fingerprint density at radius 1 is 0.594 bits per heavy atom. The number of hydrogen-bond acceptors (Lipinski definition) is 4. The number of hydrogen-bond donors (Lipinski definition) is 0. The van der Waals surface area contributed by atoms with E-state index >= 15 is 0 Å². The Kier molecular flexibility index (Phi) is 7.67. The molecule has 0 N–H and O–H groups in total. The van der Waals surface area contributed by atoms with Gasteiger partial charge < -0.3 is 9.80 Å². The summed E-state index contributed by atoms with van der Waals surface area (Å²) in [5.74, 6) is 0.934. The molecule has 3 saturated heterocycles. The van der Waals surface area contributed by atoms with Gasteiger partial charge in [0.2, 0.25) is 0 Å². The van der Waals surface area contributed by atoms with Crippen LogP contribution in [0.1, 0.15) is 92.9 Å². The van der Waals surface area contributed by atoms with Crippen molar-refractivity contribution in [3.05, 3.63) is 0 Å². The van der Waals surface area contributed by atoms with Gasteiger partial charge in [-0.2, -0.15) is 0 Å². The van der Waals surface area contributed by atoms with Crippen molar-refractivity contribution in [3.8, 4) is 0 Å². The minimum Gasteiger partial charge on any atom is -0.301 e. The largest absolute Gasteiger partial charge is 0.301 e. The molecular formula is C28H54N4. The second kappa shape index (κ2) is 9.84. The van der Waals surface area contributed by atoms with Gasteiger partial charge >= 0.3 is 0 Å². The highest BCUT2D eigenvalue weighted by atomic mass is 15.3. The zero-order valence-corrected chi connectivity index (χ0v) is 22.5. The van der Waals surface area contributed by atoms with Gasteiger partial charge in [0.15, 0.2) is 0 Å². The number of nitrogens with zero attached hydrogens (tertiary/aromatic N) is 4. The van der Waals surface area contributed by atoms with Crippen LogP contribution in [0, 0.1) is 11.3 Å². The maximum atomic E-state index is 2.89. The van der Waals surface area contributed by atoms with Crippen LogP contribution in [0.25, 0.3) is 0 Å². The van der Waals surface area contributed by atoms with Gasteiger partial charge in [-0.05, 0) is 130 Å². The lowest BCUT2D eigenvalue weighted by molar-refractivity contribution is -0.00400. The van der Waals surface area contributed by atoms with Crippen LogP contribution in [0.4, 0.5) is 0 Å². The first-order valence-electron chi connectivity index (χ1n) is 14.0. The van der Waals surface area contributed by atoms with Gasteiger partial charge in [-0.25, -0.2) is 0 Å². The lowest BCUT2D eigenvalue weighted by Gasteiger charge is -2.51. The number of likely N-dealkylation sites (tertiary alicyclic amines) is 2. The lowest BCUT2D eigenvalue weighted by atomic mass is 9.66. The topological polar surface area (TPSA) is 13.0 Å². The van der Waals surface area contributed by atoms with Gasteiger partial charge in [0.25, 0.3) is 0 Å². The third kappa shape index (κ3) is 6.09. The molecule has 4 heteroatoms. The van der Waals surface area contributed by atoms with Crippen LogP contribution in [-0.2, 0) is 0 Å². The molecule has 4 fully saturated rings. The molecule has 0 atom stereocenters. The molecule has 0 aromatic carbocycles. The normalized spacial score (nSPS) is 29.1. The summed E-state index contributed by atoms with van der Waals surface area (Å²) in [6.07, 6.45) is 11.7. The van der Waals surface area contributed by atoms with E-state index in [0.29, 0.717) is 16.5 Å². The highest BCUT2D eigenvalue weighted by molar-refractivity contribution is 4.95. The minimum atomic E-state index is 0.333. The summed E-state index contributed by atoms with van der Waals surface area (Å²) >= 11 is 0. The summed E-state index contributed by atoms with van der Waals surface area (Å²) in [6.45, 7) is 26.0. The molecule has 0 amide bonds. The van der Waals surface area contributed by atoms with Crippen LogP contribution >= 0.6 is 0 Å². The van der Waals surface area contributed by atoms with Crippen LogP contribution < -0.4 is 0 Å². The smallest absolute Gasteiger partial charge is 0.0126 e. The quantitative estimate of drug-likeness (QED) is 0.609. The molecule has 3 heterocycles. The summed E-state index contributed by atoms with van der Waals surface area (Å²) < 4.78 is 0. The third-order valence-electron chi connectivity index (χ3n) is 9.79. The molecule has 32 heavy (non-hydrogen) atoms. The van der Waals surface area contributed by atoms with Crippen molar-refractivity contribution in [1.82, 2.24) is 19.6 Å². The van der Waals surface area contributed by atoms with E-state index in [4.69, 9.17) is 0 Å². The lowest BCUT2D eigenvalue weighted by Crippen LogP contribution is -2.54. The van der Waals surface area contributed by atoms with Crippen LogP contribution in [-0.4, -0.2) is 95.6 Å². The second-order valence-electron chi connectivity index (χ2n) is 13.8. The van der Waals surface area contributed by atoms with Crippen LogP contribution in [0.15, 0.2) is 0 Å². The monoisotopic (exact) mass is 446 g/mol. The first-order chi connectivity index (χ1) is 15.0. The van der Waals surface area contributed by atoms with Crippen molar-refractivity contribution in [2.45, 2.75) is 110 Å². The van der Waals surface area contributed by atoms with Gasteiger partial charge in [0.1, 0.15) is 0 Å². The molecule has 0 aromatic heterocycles.